The van der Waals surface area contributed by atoms with Gasteiger partial charge in [-0.05, 0) is 30.1 Å². The van der Waals surface area contributed by atoms with Gasteiger partial charge in [-0.3, -0.25) is 4.79 Å². The van der Waals surface area contributed by atoms with E-state index >= 15 is 0 Å². The number of aliphatic hydroxyl groups excluding tert-OH is 2. The molecule has 0 bridgehead atoms. The largest absolute Gasteiger partial charge is 0.390 e. The van der Waals surface area contributed by atoms with Crippen molar-refractivity contribution in [2.45, 2.75) is 30.7 Å². The maximum Gasteiger partial charge on any atom is 0.226 e. The van der Waals surface area contributed by atoms with E-state index in [1.165, 1.54) is 0 Å². The lowest BCUT2D eigenvalue weighted by Gasteiger charge is -2.41. The Morgan fingerprint density at radius 2 is 2.04 bits per heavy atom. The van der Waals surface area contributed by atoms with Crippen LogP contribution in [0.3, 0.4) is 0 Å². The monoisotopic (exact) mass is 395 g/mol. The number of carbonyl (C=O) groups excluding carboxylic acids is 1. The van der Waals surface area contributed by atoms with E-state index < -0.39 is 30.2 Å². The molecule has 2 aromatic carbocycles. The van der Waals surface area contributed by atoms with Crippen molar-refractivity contribution in [1.29, 1.82) is 0 Å². The second kappa shape index (κ2) is 7.40. The molecule has 4 N–H and O–H groups in total. The zero-order valence-electron chi connectivity index (χ0n) is 15.1. The highest BCUT2D eigenvalue weighted by Crippen LogP contribution is 2.39. The summed E-state index contributed by atoms with van der Waals surface area (Å²) in [6, 6.07) is 12.8. The molecule has 28 heavy (non-hydrogen) atoms. The van der Waals surface area contributed by atoms with Crippen LogP contribution in [-0.2, 0) is 4.79 Å². The number of fused-ring (bicyclic) bond motifs is 2. The number of carbonyl (C=O) groups is 1. The van der Waals surface area contributed by atoms with Crippen molar-refractivity contribution in [3.63, 3.8) is 0 Å². The second-order valence-corrected chi connectivity index (χ2v) is 7.54. The van der Waals surface area contributed by atoms with Gasteiger partial charge < -0.3 is 25.7 Å². The molecule has 2 aliphatic rings. The Labute approximate surface area is 168 Å². The van der Waals surface area contributed by atoms with E-state index in [0.29, 0.717) is 5.11 Å². The molecule has 1 saturated heterocycles. The lowest BCUT2D eigenvalue weighted by atomic mass is 9.77. The van der Waals surface area contributed by atoms with E-state index in [0.717, 1.165) is 16.5 Å². The molecule has 5 atom stereocenters. The van der Waals surface area contributed by atoms with E-state index in [2.05, 4.69) is 16.6 Å². The molecule has 7 heteroatoms. The number of rotatable bonds is 3. The normalized spacial score (nSPS) is 29.1. The second-order valence-electron chi connectivity index (χ2n) is 7.16. The van der Waals surface area contributed by atoms with Gasteiger partial charge in [0.25, 0.3) is 0 Å². The Balaban J connectivity index is 1.79. The van der Waals surface area contributed by atoms with Crippen molar-refractivity contribution in [2.24, 2.45) is 5.92 Å². The number of nitrogens with one attached hydrogen (secondary N) is 2. The molecule has 1 aliphatic carbocycles. The van der Waals surface area contributed by atoms with Crippen molar-refractivity contribution >= 4 is 39.7 Å². The van der Waals surface area contributed by atoms with Gasteiger partial charge in [0.15, 0.2) is 5.11 Å². The molecule has 6 nitrogen and oxygen atoms in total. The van der Waals surface area contributed by atoms with Gasteiger partial charge in [0.2, 0.25) is 5.91 Å². The smallest absolute Gasteiger partial charge is 0.226 e. The summed E-state index contributed by atoms with van der Waals surface area (Å²) in [4.78, 5) is 14.7. The van der Waals surface area contributed by atoms with Crippen molar-refractivity contribution in [1.82, 2.24) is 10.6 Å². The number of aliphatic hydroxyl groups is 2. The van der Waals surface area contributed by atoms with Gasteiger partial charge in [0.05, 0.1) is 36.3 Å². The number of nitrogens with zero attached hydrogens (tertiary/aromatic N) is 1. The molecule has 1 amide bonds. The molecule has 2 aromatic rings. The summed E-state index contributed by atoms with van der Waals surface area (Å²) in [5.74, 6) is 1.56. The molecule has 4 rings (SSSR count). The first kappa shape index (κ1) is 18.7. The summed E-state index contributed by atoms with van der Waals surface area (Å²) < 4.78 is 0. The van der Waals surface area contributed by atoms with E-state index in [-0.39, 0.29) is 18.9 Å². The predicted molar refractivity (Wildman–Crippen MR) is 112 cm³/mol. The number of hydrogen-bond acceptors (Lipinski definition) is 4. The van der Waals surface area contributed by atoms with E-state index in [1.807, 2.05) is 47.4 Å². The first-order chi connectivity index (χ1) is 13.5. The standard InChI is InChI=1S/C21H21N3O3S/c1-2-10-22-20(27)14-11-16(25)19(26)17-18(14)24(21(28)23-17)15-9-5-7-12-6-3-4-8-13(12)15/h1,3-9,14,16-19,25-26H,10-11H2,(H,22,27)(H,23,28)/t14-,16+,17-,18+,19-/m0/s1. The minimum atomic E-state index is -1.03. The van der Waals surface area contributed by atoms with Crippen molar-refractivity contribution in [2.75, 3.05) is 11.4 Å². The van der Waals surface area contributed by atoms with Gasteiger partial charge in [0, 0.05) is 5.39 Å². The highest BCUT2D eigenvalue weighted by molar-refractivity contribution is 7.80. The SMILES string of the molecule is C#CCNC(=O)[C@H]1C[C@@H](O)[C@H](O)[C@H]2NC(=S)N(c3cccc4ccccc34)[C@@H]21. The highest BCUT2D eigenvalue weighted by atomic mass is 32.1. The van der Waals surface area contributed by atoms with Gasteiger partial charge in [-0.1, -0.05) is 42.3 Å². The summed E-state index contributed by atoms with van der Waals surface area (Å²) in [6.45, 7) is 0.109. The van der Waals surface area contributed by atoms with Crippen LogP contribution in [0.2, 0.25) is 0 Å². The zero-order valence-corrected chi connectivity index (χ0v) is 15.9. The molecule has 0 aromatic heterocycles. The molecular formula is C21H21N3O3S. The van der Waals surface area contributed by atoms with Crippen LogP contribution in [-0.4, -0.2) is 52.1 Å². The number of anilines is 1. The number of benzene rings is 2. The van der Waals surface area contributed by atoms with E-state index in [4.69, 9.17) is 18.6 Å². The number of hydrogen-bond donors (Lipinski definition) is 4. The average molecular weight is 395 g/mol. The first-order valence-electron chi connectivity index (χ1n) is 9.17. The highest BCUT2D eigenvalue weighted by Gasteiger charge is 2.54. The van der Waals surface area contributed by atoms with Gasteiger partial charge >= 0.3 is 0 Å². The van der Waals surface area contributed by atoms with Crippen LogP contribution in [0.5, 0.6) is 0 Å². The predicted octanol–water partition coefficient (Wildman–Crippen LogP) is 0.763. The summed E-state index contributed by atoms with van der Waals surface area (Å²) in [5, 5.41) is 29.2. The number of thiocarbonyl (C=S) groups is 1. The fourth-order valence-corrected chi connectivity index (χ4v) is 4.67. The van der Waals surface area contributed by atoms with Crippen LogP contribution >= 0.6 is 12.2 Å². The zero-order chi connectivity index (χ0) is 19.8. The Morgan fingerprint density at radius 1 is 1.29 bits per heavy atom. The Morgan fingerprint density at radius 3 is 2.82 bits per heavy atom. The Kier molecular flexibility index (Phi) is 4.94. The van der Waals surface area contributed by atoms with Crippen LogP contribution in [0.4, 0.5) is 5.69 Å². The summed E-state index contributed by atoms with van der Waals surface area (Å²) in [7, 11) is 0. The lowest BCUT2D eigenvalue weighted by molar-refractivity contribution is -0.130. The first-order valence-corrected chi connectivity index (χ1v) is 9.58. The maximum atomic E-state index is 12.8. The quantitative estimate of drug-likeness (QED) is 0.454. The van der Waals surface area contributed by atoms with Crippen molar-refractivity contribution in [3.05, 3.63) is 42.5 Å². The third-order valence-electron chi connectivity index (χ3n) is 5.57. The summed E-state index contributed by atoms with van der Waals surface area (Å²) in [5.41, 5.74) is 0.862. The average Bonchev–Trinajstić information content (AvgIpc) is 3.05. The summed E-state index contributed by atoms with van der Waals surface area (Å²) in [6.07, 6.45) is 3.35. The third-order valence-corrected chi connectivity index (χ3v) is 5.89. The molecule has 0 unspecified atom stereocenters. The molecular weight excluding hydrogens is 374 g/mol. The molecule has 0 spiro atoms. The lowest BCUT2D eigenvalue weighted by Crippen LogP contribution is -2.61. The van der Waals surface area contributed by atoms with Crippen LogP contribution < -0.4 is 15.5 Å². The van der Waals surface area contributed by atoms with Crippen molar-refractivity contribution in [3.8, 4) is 12.3 Å². The van der Waals surface area contributed by atoms with Gasteiger partial charge in [-0.2, -0.15) is 0 Å². The third kappa shape index (κ3) is 3.00. The minimum Gasteiger partial charge on any atom is -0.390 e. The fourth-order valence-electron chi connectivity index (χ4n) is 4.31. The van der Waals surface area contributed by atoms with Crippen LogP contribution in [0.25, 0.3) is 10.8 Å². The van der Waals surface area contributed by atoms with Gasteiger partial charge in [-0.15, -0.1) is 6.42 Å². The molecule has 2 fully saturated rings. The molecule has 144 valence electrons. The molecule has 0 radical (unpaired) electrons. The van der Waals surface area contributed by atoms with Crippen LogP contribution in [0, 0.1) is 18.3 Å². The maximum absolute atomic E-state index is 12.8. The molecule has 1 saturated carbocycles. The van der Waals surface area contributed by atoms with Gasteiger partial charge in [0.1, 0.15) is 6.10 Å². The Hall–Kier alpha value is -2.66. The van der Waals surface area contributed by atoms with Crippen LogP contribution in [0.15, 0.2) is 42.5 Å². The molecule has 1 heterocycles. The fraction of sp³-hybridized carbons (Fsp3) is 0.333. The summed E-state index contributed by atoms with van der Waals surface area (Å²) >= 11 is 5.58. The van der Waals surface area contributed by atoms with E-state index in [9.17, 15) is 15.0 Å². The van der Waals surface area contributed by atoms with E-state index in [1.54, 1.807) is 0 Å². The molecule has 1 aliphatic heterocycles. The number of terminal acetylenes is 1. The Bertz CT molecular complexity index is 968. The number of amides is 1. The van der Waals surface area contributed by atoms with Crippen LogP contribution in [0.1, 0.15) is 6.42 Å². The topological polar surface area (TPSA) is 84.8 Å². The van der Waals surface area contributed by atoms with Crippen molar-refractivity contribution < 1.29 is 15.0 Å². The minimum absolute atomic E-state index is 0.109. The van der Waals surface area contributed by atoms with Gasteiger partial charge in [-0.25, -0.2) is 0 Å².